The summed E-state index contributed by atoms with van der Waals surface area (Å²) in [7, 11) is 0. The summed E-state index contributed by atoms with van der Waals surface area (Å²) in [4.78, 5) is 0. The quantitative estimate of drug-likeness (QED) is 0.879. The van der Waals surface area contributed by atoms with E-state index < -0.39 is 11.6 Å². The van der Waals surface area contributed by atoms with Gasteiger partial charge in [0.15, 0.2) is 0 Å². The Balaban J connectivity index is 2.09. The van der Waals surface area contributed by atoms with Gasteiger partial charge in [-0.2, -0.15) is 0 Å². The Bertz CT molecular complexity index is 705. The van der Waals surface area contributed by atoms with E-state index in [2.05, 4.69) is 11.8 Å². The van der Waals surface area contributed by atoms with E-state index in [0.717, 1.165) is 6.07 Å². The van der Waals surface area contributed by atoms with E-state index in [1.807, 2.05) is 0 Å². The van der Waals surface area contributed by atoms with Gasteiger partial charge in [0.1, 0.15) is 30.6 Å². The number of ether oxygens (including phenoxy) is 1. The fraction of sp³-hybridized carbons (Fsp3) is 0.125. The fourth-order valence-corrected chi connectivity index (χ4v) is 1.85. The molecular weight excluding hydrogens is 298 g/mol. The van der Waals surface area contributed by atoms with Crippen molar-refractivity contribution in [2.45, 2.75) is 6.61 Å². The van der Waals surface area contributed by atoms with Crippen molar-refractivity contribution >= 4 is 11.6 Å². The Morgan fingerprint density at radius 3 is 2.62 bits per heavy atom. The van der Waals surface area contributed by atoms with Gasteiger partial charge in [-0.25, -0.2) is 8.78 Å². The van der Waals surface area contributed by atoms with E-state index >= 15 is 0 Å². The van der Waals surface area contributed by atoms with Crippen LogP contribution in [0.3, 0.4) is 0 Å². The molecule has 2 rings (SSSR count). The Morgan fingerprint density at radius 2 is 1.95 bits per heavy atom. The monoisotopic (exact) mass is 308 g/mol. The first kappa shape index (κ1) is 15.3. The zero-order valence-corrected chi connectivity index (χ0v) is 11.6. The van der Waals surface area contributed by atoms with E-state index in [9.17, 15) is 8.78 Å². The summed E-state index contributed by atoms with van der Waals surface area (Å²) in [6.07, 6.45) is 0. The van der Waals surface area contributed by atoms with Gasteiger partial charge in [0, 0.05) is 11.1 Å². The molecule has 2 nitrogen and oxygen atoms in total. The van der Waals surface area contributed by atoms with Crippen molar-refractivity contribution in [3.8, 4) is 17.6 Å². The lowest BCUT2D eigenvalue weighted by Crippen LogP contribution is -1.99. The van der Waals surface area contributed by atoms with Gasteiger partial charge >= 0.3 is 0 Å². The van der Waals surface area contributed by atoms with Crippen LogP contribution in [0.1, 0.15) is 11.1 Å². The maximum absolute atomic E-state index is 13.8. The number of benzene rings is 2. The van der Waals surface area contributed by atoms with Crippen molar-refractivity contribution in [1.82, 2.24) is 0 Å². The molecule has 0 radical (unpaired) electrons. The van der Waals surface area contributed by atoms with E-state index in [1.54, 1.807) is 6.07 Å². The third-order valence-corrected chi connectivity index (χ3v) is 2.94. The molecule has 1 N–H and O–H groups in total. The van der Waals surface area contributed by atoms with Crippen LogP contribution in [-0.2, 0) is 6.61 Å². The van der Waals surface area contributed by atoms with Crippen LogP contribution in [0.5, 0.6) is 5.75 Å². The minimum Gasteiger partial charge on any atom is -0.487 e. The number of aliphatic hydroxyl groups is 1. The second kappa shape index (κ2) is 7.07. The van der Waals surface area contributed by atoms with Crippen molar-refractivity contribution < 1.29 is 18.6 Å². The molecular formula is C16H11ClF2O2. The van der Waals surface area contributed by atoms with Crippen molar-refractivity contribution in [2.24, 2.45) is 0 Å². The van der Waals surface area contributed by atoms with Gasteiger partial charge in [-0.3, -0.25) is 0 Å². The summed E-state index contributed by atoms with van der Waals surface area (Å²) >= 11 is 5.82. The molecule has 0 atom stereocenters. The van der Waals surface area contributed by atoms with Crippen LogP contribution in [0.2, 0.25) is 5.02 Å². The molecule has 0 saturated carbocycles. The summed E-state index contributed by atoms with van der Waals surface area (Å²) in [5.74, 6) is 4.38. The number of rotatable bonds is 3. The summed E-state index contributed by atoms with van der Waals surface area (Å²) in [6, 6.07) is 8.14. The minimum absolute atomic E-state index is 0.0368. The molecule has 2 aromatic carbocycles. The molecule has 0 bridgehead atoms. The molecule has 0 aromatic heterocycles. The molecule has 0 spiro atoms. The Hall–Kier alpha value is -2.09. The first-order valence-corrected chi connectivity index (χ1v) is 6.44. The second-order valence-electron chi connectivity index (χ2n) is 4.13. The molecule has 5 heteroatoms. The van der Waals surface area contributed by atoms with Gasteiger partial charge in [0.25, 0.3) is 0 Å². The van der Waals surface area contributed by atoms with Crippen LogP contribution in [0.15, 0.2) is 36.4 Å². The van der Waals surface area contributed by atoms with Crippen LogP contribution in [0.25, 0.3) is 0 Å². The van der Waals surface area contributed by atoms with E-state index in [0.29, 0.717) is 11.1 Å². The maximum Gasteiger partial charge on any atom is 0.138 e. The zero-order chi connectivity index (χ0) is 15.2. The largest absolute Gasteiger partial charge is 0.487 e. The summed E-state index contributed by atoms with van der Waals surface area (Å²) in [5, 5.41) is 8.71. The topological polar surface area (TPSA) is 29.5 Å². The smallest absolute Gasteiger partial charge is 0.138 e. The fourth-order valence-electron chi connectivity index (χ4n) is 1.63. The van der Waals surface area contributed by atoms with Gasteiger partial charge in [0.05, 0.1) is 5.02 Å². The SMILES string of the molecule is OCC#Cc1ccc(COc2ccc(F)cc2Cl)c(F)c1. The molecule has 2 aromatic rings. The minimum atomic E-state index is -0.474. The van der Waals surface area contributed by atoms with E-state index in [4.69, 9.17) is 21.4 Å². The van der Waals surface area contributed by atoms with Gasteiger partial charge in [-0.05, 0) is 30.3 Å². The number of hydrogen-bond donors (Lipinski definition) is 1. The molecule has 0 aliphatic heterocycles. The van der Waals surface area contributed by atoms with Crippen LogP contribution in [0.4, 0.5) is 8.78 Å². The van der Waals surface area contributed by atoms with E-state index in [-0.39, 0.29) is 24.0 Å². The molecule has 0 saturated heterocycles. The van der Waals surface area contributed by atoms with Crippen molar-refractivity contribution in [2.75, 3.05) is 6.61 Å². The lowest BCUT2D eigenvalue weighted by Gasteiger charge is -2.09. The van der Waals surface area contributed by atoms with Crippen molar-refractivity contribution in [1.29, 1.82) is 0 Å². The van der Waals surface area contributed by atoms with Gasteiger partial charge in [-0.15, -0.1) is 0 Å². The molecule has 0 unspecified atom stereocenters. The molecule has 0 heterocycles. The summed E-state index contributed by atoms with van der Waals surface area (Å²) in [5.41, 5.74) is 0.787. The van der Waals surface area contributed by atoms with Crippen LogP contribution in [0, 0.1) is 23.5 Å². The Morgan fingerprint density at radius 1 is 1.14 bits per heavy atom. The average Bonchev–Trinajstić information content (AvgIpc) is 2.45. The standard InChI is InChI=1S/C16H11ClF2O2/c17-14-9-13(18)5-6-16(14)21-10-12-4-3-11(2-1-7-20)8-15(12)19/h3-6,8-9,20H,7,10H2. The van der Waals surface area contributed by atoms with Crippen LogP contribution in [-0.4, -0.2) is 11.7 Å². The summed E-state index contributed by atoms with van der Waals surface area (Å²) in [6.45, 7) is -0.319. The molecule has 0 aliphatic rings. The van der Waals surface area contributed by atoms with Crippen molar-refractivity contribution in [3.05, 3.63) is 64.2 Å². The first-order chi connectivity index (χ1) is 10.1. The van der Waals surface area contributed by atoms with Crippen LogP contribution < -0.4 is 4.74 Å². The average molecular weight is 309 g/mol. The summed E-state index contributed by atoms with van der Waals surface area (Å²) < 4.78 is 32.1. The predicted molar refractivity (Wildman–Crippen MR) is 76.1 cm³/mol. The predicted octanol–water partition coefficient (Wildman–Crippen LogP) is 3.54. The van der Waals surface area contributed by atoms with Gasteiger partial charge < -0.3 is 9.84 Å². The number of halogens is 3. The Labute approximate surface area is 125 Å². The number of aliphatic hydroxyl groups excluding tert-OH is 1. The molecule has 0 fully saturated rings. The van der Waals surface area contributed by atoms with Crippen LogP contribution >= 0.6 is 11.6 Å². The highest BCUT2D eigenvalue weighted by molar-refractivity contribution is 6.32. The van der Waals surface area contributed by atoms with Crippen molar-refractivity contribution in [3.63, 3.8) is 0 Å². The van der Waals surface area contributed by atoms with Gasteiger partial charge in [-0.1, -0.05) is 29.5 Å². The normalized spacial score (nSPS) is 9.90. The highest BCUT2D eigenvalue weighted by Gasteiger charge is 2.07. The Kier molecular flexibility index (Phi) is 5.15. The second-order valence-corrected chi connectivity index (χ2v) is 4.54. The van der Waals surface area contributed by atoms with E-state index in [1.165, 1.54) is 24.3 Å². The molecule has 0 amide bonds. The molecule has 108 valence electrons. The third kappa shape index (κ3) is 4.19. The third-order valence-electron chi connectivity index (χ3n) is 2.64. The highest BCUT2D eigenvalue weighted by atomic mass is 35.5. The number of hydrogen-bond acceptors (Lipinski definition) is 2. The lowest BCUT2D eigenvalue weighted by atomic mass is 10.1. The lowest BCUT2D eigenvalue weighted by molar-refractivity contribution is 0.299. The first-order valence-electron chi connectivity index (χ1n) is 6.06. The zero-order valence-electron chi connectivity index (χ0n) is 10.9. The maximum atomic E-state index is 13.8. The van der Waals surface area contributed by atoms with Gasteiger partial charge in [0.2, 0.25) is 0 Å². The molecule has 0 aliphatic carbocycles. The highest BCUT2D eigenvalue weighted by Crippen LogP contribution is 2.26. The molecule has 21 heavy (non-hydrogen) atoms.